The second-order valence-corrected chi connectivity index (χ2v) is 11.8. The van der Waals surface area contributed by atoms with Crippen LogP contribution >= 0.6 is 0 Å². The summed E-state index contributed by atoms with van der Waals surface area (Å²) in [5, 5.41) is 0. The molecule has 164 valence electrons. The second kappa shape index (κ2) is 11.0. The van der Waals surface area contributed by atoms with E-state index in [-0.39, 0.29) is 52.7 Å². The molecule has 0 bridgehead atoms. The molecule has 0 aliphatic heterocycles. The van der Waals surface area contributed by atoms with E-state index in [2.05, 4.69) is 0 Å². The zero-order valence-corrected chi connectivity index (χ0v) is 17.2. The topological polar surface area (TPSA) is 74.8 Å². The first-order valence-corrected chi connectivity index (χ1v) is 11.0. The molecule has 1 unspecified atom stereocenters. The predicted octanol–water partition coefficient (Wildman–Crippen LogP) is 3.69. The van der Waals surface area contributed by atoms with Crippen LogP contribution in [0.25, 0.3) is 0 Å². The number of rotatable bonds is 7. The third kappa shape index (κ3) is 12.3. The number of sulfone groups is 1. The molecule has 0 aromatic heterocycles. The zero-order valence-electron chi connectivity index (χ0n) is 18.5. The van der Waals surface area contributed by atoms with E-state index in [4.69, 9.17) is 4.11 Å². The summed E-state index contributed by atoms with van der Waals surface area (Å²) in [6.07, 6.45) is -2.07. The van der Waals surface area contributed by atoms with Gasteiger partial charge in [0.2, 0.25) is 10.0 Å². The van der Waals surface area contributed by atoms with E-state index in [0.717, 1.165) is 10.6 Å². The molecule has 0 aliphatic rings. The van der Waals surface area contributed by atoms with Crippen LogP contribution in [0.5, 0.6) is 0 Å². The molecule has 0 aromatic rings. The fourth-order valence-electron chi connectivity index (χ4n) is 2.03. The third-order valence-electron chi connectivity index (χ3n) is 3.90. The molecule has 0 spiro atoms. The van der Waals surface area contributed by atoms with Crippen LogP contribution in [0.15, 0.2) is 0 Å². The lowest BCUT2D eigenvalue weighted by molar-refractivity contribution is 0.0596. The van der Waals surface area contributed by atoms with Crippen molar-refractivity contribution in [3.8, 4) is 0 Å². The molecule has 0 radical (unpaired) electrons. The molecule has 0 aromatic carbocycles. The average molecular weight is 422 g/mol. The Kier molecular flexibility index (Phi) is 10.9. The maximum absolute atomic E-state index is 12.6. The second-order valence-electron chi connectivity index (χ2n) is 8.15. The highest BCUT2D eigenvalue weighted by atomic mass is 32.2. The van der Waals surface area contributed by atoms with Gasteiger partial charge in [0.1, 0.15) is 9.84 Å². The van der Waals surface area contributed by atoms with E-state index in [1.54, 1.807) is 25.7 Å². The lowest BCUT2D eigenvalue weighted by Crippen LogP contribution is -2.55. The van der Waals surface area contributed by atoms with Crippen LogP contribution in [-0.4, -0.2) is 69.0 Å². The number of hydrogen-bond acceptors (Lipinski definition) is 5. The van der Waals surface area contributed by atoms with Gasteiger partial charge < -0.3 is 0 Å². The summed E-state index contributed by atoms with van der Waals surface area (Å²) in [7, 11) is -7.84. The van der Waals surface area contributed by atoms with Crippen LogP contribution in [0.3, 0.4) is 0 Å². The van der Waals surface area contributed by atoms with Gasteiger partial charge in [0.25, 0.3) is 0 Å². The molecule has 0 fully saturated rings. The van der Waals surface area contributed by atoms with Gasteiger partial charge in [-0.15, -0.1) is 0 Å². The summed E-state index contributed by atoms with van der Waals surface area (Å²) in [5.74, 6) is -0.140. The molecule has 6 nitrogen and oxygen atoms in total. The van der Waals surface area contributed by atoms with Crippen molar-refractivity contribution in [3.63, 3.8) is 0 Å². The van der Waals surface area contributed by atoms with Crippen molar-refractivity contribution in [3.05, 3.63) is 0 Å². The van der Waals surface area contributed by atoms with Gasteiger partial charge in [-0.3, -0.25) is 4.90 Å². The standard InChI is InChI=1S/C15H34N2O4S2.3CH4/c1-13(14(2,3)4)16(10-11-22(8,18)19)12-17(15(5,6)7)23(9,20)21;;;/h13H,10-12H2,1-9H3;3*1H4/i9D3;;;. The average Bonchev–Trinajstić information content (AvgIpc) is 2.32. The summed E-state index contributed by atoms with van der Waals surface area (Å²) in [6, 6.07) is -0.180. The van der Waals surface area contributed by atoms with Crippen molar-refractivity contribution in [2.24, 2.45) is 5.41 Å². The van der Waals surface area contributed by atoms with Gasteiger partial charge in [0.15, 0.2) is 0 Å². The van der Waals surface area contributed by atoms with Gasteiger partial charge >= 0.3 is 0 Å². The Balaban J connectivity index is -0.00000104. The minimum Gasteiger partial charge on any atom is -0.285 e. The van der Waals surface area contributed by atoms with Crippen molar-refractivity contribution < 1.29 is 20.9 Å². The van der Waals surface area contributed by atoms with Crippen molar-refractivity contribution in [1.29, 1.82) is 0 Å². The van der Waals surface area contributed by atoms with E-state index in [1.165, 1.54) is 0 Å². The summed E-state index contributed by atoms with van der Waals surface area (Å²) < 4.78 is 71.6. The molecule has 0 aliphatic carbocycles. The van der Waals surface area contributed by atoms with Crippen LogP contribution in [-0.2, 0) is 19.9 Å². The summed E-state index contributed by atoms with van der Waals surface area (Å²) >= 11 is 0. The normalized spacial score (nSPS) is 16.5. The summed E-state index contributed by atoms with van der Waals surface area (Å²) in [6.45, 7) is 12.5. The van der Waals surface area contributed by atoms with Crippen molar-refractivity contribution in [2.75, 3.05) is 31.4 Å². The first-order valence-electron chi connectivity index (χ1n) is 9.05. The number of sulfonamides is 1. The summed E-state index contributed by atoms with van der Waals surface area (Å²) in [4.78, 5) is 1.72. The summed E-state index contributed by atoms with van der Waals surface area (Å²) in [5.41, 5.74) is -1.24. The maximum Gasteiger partial charge on any atom is 0.212 e. The van der Waals surface area contributed by atoms with E-state index >= 15 is 0 Å². The van der Waals surface area contributed by atoms with Gasteiger partial charge in [0.05, 0.1) is 18.6 Å². The SMILES string of the molecule is C.C.C.[2H]C([2H])([2H])S(=O)(=O)N(CN(CCS(C)(=O)=O)C(C)C(C)(C)C)C(C)(C)C. The van der Waals surface area contributed by atoms with E-state index in [0.29, 0.717) is 0 Å². The Morgan fingerprint density at radius 2 is 1.38 bits per heavy atom. The van der Waals surface area contributed by atoms with Crippen LogP contribution < -0.4 is 0 Å². The number of hydrogen-bond donors (Lipinski definition) is 0. The molecule has 0 rings (SSSR count). The maximum atomic E-state index is 12.6. The minimum absolute atomic E-state index is 0. The van der Waals surface area contributed by atoms with Gasteiger partial charge in [-0.05, 0) is 33.1 Å². The Hall–Kier alpha value is -0.180. The molecule has 0 heterocycles. The van der Waals surface area contributed by atoms with E-state index in [9.17, 15) is 16.8 Å². The predicted molar refractivity (Wildman–Crippen MR) is 117 cm³/mol. The monoisotopic (exact) mass is 421 g/mol. The molecule has 0 saturated heterocycles. The fourth-order valence-corrected chi connectivity index (χ4v) is 3.62. The van der Waals surface area contributed by atoms with Crippen LogP contribution in [0, 0.1) is 5.41 Å². The molecular weight excluding hydrogens is 372 g/mol. The van der Waals surface area contributed by atoms with Crippen molar-refractivity contribution in [2.45, 2.75) is 82.3 Å². The van der Waals surface area contributed by atoms with Crippen LogP contribution in [0.2, 0.25) is 0 Å². The van der Waals surface area contributed by atoms with Gasteiger partial charge in [0, 0.05) is 28.5 Å². The lowest BCUT2D eigenvalue weighted by Gasteiger charge is -2.43. The fraction of sp³-hybridized carbons (Fsp3) is 1.00. The smallest absolute Gasteiger partial charge is 0.212 e. The van der Waals surface area contributed by atoms with Crippen molar-refractivity contribution in [1.82, 2.24) is 9.21 Å². The molecule has 26 heavy (non-hydrogen) atoms. The molecule has 8 heteroatoms. The van der Waals surface area contributed by atoms with E-state index in [1.807, 2.05) is 27.7 Å². The van der Waals surface area contributed by atoms with Crippen molar-refractivity contribution >= 4 is 19.9 Å². The minimum atomic E-state index is -4.58. The highest BCUT2D eigenvalue weighted by molar-refractivity contribution is 7.90. The molecular formula is C18H46N2O4S2. The highest BCUT2D eigenvalue weighted by Crippen LogP contribution is 2.26. The molecule has 0 amide bonds. The Labute approximate surface area is 169 Å². The molecule has 0 N–H and O–H groups in total. The number of nitrogens with zero attached hydrogens (tertiary/aromatic N) is 2. The van der Waals surface area contributed by atoms with Gasteiger partial charge in [-0.2, -0.15) is 4.31 Å². The van der Waals surface area contributed by atoms with E-state index < -0.39 is 31.6 Å². The Morgan fingerprint density at radius 3 is 1.65 bits per heavy atom. The Morgan fingerprint density at radius 1 is 0.962 bits per heavy atom. The zero-order chi connectivity index (χ0) is 21.4. The first-order chi connectivity index (χ1) is 11.1. The highest BCUT2D eigenvalue weighted by Gasteiger charge is 2.35. The molecule has 1 atom stereocenters. The Bertz CT molecular complexity index is 677. The quantitative estimate of drug-likeness (QED) is 0.586. The van der Waals surface area contributed by atoms with Crippen LogP contribution in [0.1, 0.15) is 74.9 Å². The van der Waals surface area contributed by atoms with Gasteiger partial charge in [-0.25, -0.2) is 16.8 Å². The lowest BCUT2D eigenvalue weighted by atomic mass is 9.87. The van der Waals surface area contributed by atoms with Crippen LogP contribution in [0.4, 0.5) is 0 Å². The van der Waals surface area contributed by atoms with Gasteiger partial charge in [-0.1, -0.05) is 43.1 Å². The largest absolute Gasteiger partial charge is 0.285 e. The third-order valence-corrected chi connectivity index (χ3v) is 6.07. The molecule has 0 saturated carbocycles. The first kappa shape index (κ1) is 25.8.